The maximum atomic E-state index is 13.7. The minimum Gasteiger partial charge on any atom is -0.444 e. The summed E-state index contributed by atoms with van der Waals surface area (Å²) >= 11 is 0. The molecular weight excluding hydrogens is 450 g/mol. The normalized spacial score (nSPS) is 13.6. The predicted octanol–water partition coefficient (Wildman–Crippen LogP) is 6.34. The molecule has 194 valence electrons. The van der Waals surface area contributed by atoms with Gasteiger partial charge in [-0.1, -0.05) is 67.5 Å². The number of ketones is 1. The van der Waals surface area contributed by atoms with Crippen molar-refractivity contribution in [3.05, 3.63) is 28.8 Å². The number of carbonyl (C=O) groups is 2. The van der Waals surface area contributed by atoms with Crippen LogP contribution in [-0.2, 0) is 19.4 Å². The van der Waals surface area contributed by atoms with Crippen LogP contribution in [0.1, 0.15) is 117 Å². The van der Waals surface area contributed by atoms with E-state index < -0.39 is 39.1 Å². The molecule has 6 nitrogen and oxygen atoms in total. The Hall–Kier alpha value is -1.89. The van der Waals surface area contributed by atoms with Crippen molar-refractivity contribution in [1.29, 1.82) is 0 Å². The molecule has 1 amide bonds. The minimum atomic E-state index is -3.95. The smallest absolute Gasteiger partial charge is 0.408 e. The summed E-state index contributed by atoms with van der Waals surface area (Å²) in [5.41, 5.74) is 1.84. The number of alkyl carbamates (subject to hydrolysis) is 1. The lowest BCUT2D eigenvalue weighted by Gasteiger charge is -2.25. The van der Waals surface area contributed by atoms with Gasteiger partial charge >= 0.3 is 6.09 Å². The molecule has 7 heteroatoms. The summed E-state index contributed by atoms with van der Waals surface area (Å²) in [4.78, 5) is 25.9. The van der Waals surface area contributed by atoms with Crippen molar-refractivity contribution in [2.75, 3.05) is 5.75 Å². The van der Waals surface area contributed by atoms with Crippen LogP contribution in [0.25, 0.3) is 0 Å². The van der Waals surface area contributed by atoms with Gasteiger partial charge in [-0.05, 0) is 67.6 Å². The minimum absolute atomic E-state index is 0.0255. The van der Waals surface area contributed by atoms with E-state index in [0.717, 1.165) is 16.7 Å². The lowest BCUT2D eigenvalue weighted by molar-refractivity contribution is -0.119. The topological polar surface area (TPSA) is 89.5 Å². The van der Waals surface area contributed by atoms with Crippen molar-refractivity contribution < 1.29 is 22.7 Å². The van der Waals surface area contributed by atoms with Crippen molar-refractivity contribution in [3.8, 4) is 0 Å². The predicted molar refractivity (Wildman–Crippen MR) is 138 cm³/mol. The third-order valence-electron chi connectivity index (χ3n) is 5.51. The van der Waals surface area contributed by atoms with Gasteiger partial charge in [0.2, 0.25) is 0 Å². The highest BCUT2D eigenvalue weighted by atomic mass is 32.2. The van der Waals surface area contributed by atoms with Crippen molar-refractivity contribution in [2.24, 2.45) is 5.92 Å². The van der Waals surface area contributed by atoms with Crippen LogP contribution in [0.3, 0.4) is 0 Å². The fourth-order valence-corrected chi connectivity index (χ4v) is 5.83. The van der Waals surface area contributed by atoms with Crippen LogP contribution < -0.4 is 5.32 Å². The summed E-state index contributed by atoms with van der Waals surface area (Å²) in [6, 6.07) is 2.98. The number of ether oxygens (including phenoxy) is 1. The highest BCUT2D eigenvalue weighted by Gasteiger charge is 2.33. The Morgan fingerprint density at radius 3 is 1.71 bits per heavy atom. The van der Waals surface area contributed by atoms with Gasteiger partial charge in [-0.3, -0.25) is 4.79 Å². The molecule has 0 saturated heterocycles. The number of hydrogen-bond acceptors (Lipinski definition) is 5. The summed E-state index contributed by atoms with van der Waals surface area (Å²) in [6.07, 6.45) is -0.399. The molecule has 34 heavy (non-hydrogen) atoms. The molecule has 0 aliphatic rings. The van der Waals surface area contributed by atoms with E-state index >= 15 is 0 Å². The second-order valence-electron chi connectivity index (χ2n) is 11.5. The van der Waals surface area contributed by atoms with E-state index in [9.17, 15) is 18.0 Å². The Kier molecular flexibility index (Phi) is 10.4. The molecule has 0 heterocycles. The van der Waals surface area contributed by atoms with Crippen LogP contribution in [0, 0.1) is 5.92 Å². The summed E-state index contributed by atoms with van der Waals surface area (Å²) in [5, 5.41) is 2.60. The molecule has 0 spiro atoms. The van der Waals surface area contributed by atoms with E-state index in [1.807, 2.05) is 53.7 Å². The molecule has 1 aromatic rings. The maximum Gasteiger partial charge on any atom is 0.408 e. The van der Waals surface area contributed by atoms with E-state index in [-0.39, 0.29) is 28.6 Å². The van der Waals surface area contributed by atoms with Gasteiger partial charge in [-0.25, -0.2) is 13.2 Å². The van der Waals surface area contributed by atoms with E-state index in [4.69, 9.17) is 4.74 Å². The Bertz CT molecular complexity index is 940. The zero-order valence-corrected chi connectivity index (χ0v) is 23.7. The Morgan fingerprint density at radius 2 is 1.35 bits per heavy atom. The first kappa shape index (κ1) is 30.1. The molecule has 1 atom stereocenters. The lowest BCUT2D eigenvalue weighted by atomic mass is 9.89. The molecule has 0 aliphatic carbocycles. The number of rotatable bonds is 10. The molecule has 0 unspecified atom stereocenters. The molecule has 0 saturated carbocycles. The molecule has 0 fully saturated rings. The maximum absolute atomic E-state index is 13.7. The molecule has 0 radical (unpaired) electrons. The summed E-state index contributed by atoms with van der Waals surface area (Å²) in [7, 11) is -3.95. The van der Waals surface area contributed by atoms with Gasteiger partial charge in [0.05, 0.1) is 10.9 Å². The number of amides is 1. The summed E-state index contributed by atoms with van der Waals surface area (Å²) < 4.78 is 32.7. The van der Waals surface area contributed by atoms with E-state index in [1.54, 1.807) is 20.8 Å². The zero-order valence-electron chi connectivity index (χ0n) is 22.9. The molecule has 1 aromatic carbocycles. The summed E-state index contributed by atoms with van der Waals surface area (Å²) in [5.74, 6) is -0.918. The van der Waals surface area contributed by atoms with Gasteiger partial charge in [-0.15, -0.1) is 0 Å². The molecule has 0 aliphatic heterocycles. The van der Waals surface area contributed by atoms with Crippen molar-refractivity contribution in [3.63, 3.8) is 0 Å². The Morgan fingerprint density at radius 1 is 0.882 bits per heavy atom. The van der Waals surface area contributed by atoms with Gasteiger partial charge in [-0.2, -0.15) is 0 Å². The number of sulfone groups is 1. The van der Waals surface area contributed by atoms with E-state index in [1.165, 1.54) is 0 Å². The van der Waals surface area contributed by atoms with Crippen molar-refractivity contribution in [1.82, 2.24) is 5.32 Å². The van der Waals surface area contributed by atoms with Crippen LogP contribution in [0.2, 0.25) is 0 Å². The molecular formula is C27H45NO5S. The number of benzene rings is 1. The Balaban J connectivity index is 3.45. The molecule has 0 bridgehead atoms. The van der Waals surface area contributed by atoms with Gasteiger partial charge in [0, 0.05) is 0 Å². The first-order valence-corrected chi connectivity index (χ1v) is 13.9. The van der Waals surface area contributed by atoms with Crippen LogP contribution in [0.5, 0.6) is 0 Å². The van der Waals surface area contributed by atoms with E-state index in [0.29, 0.717) is 6.42 Å². The first-order valence-electron chi connectivity index (χ1n) is 12.3. The molecule has 1 N–H and O–H groups in total. The largest absolute Gasteiger partial charge is 0.444 e. The fraction of sp³-hybridized carbons (Fsp3) is 0.704. The zero-order chi connectivity index (χ0) is 26.6. The number of Topliss-reactive ketones (excluding diaryl/α,β-unsaturated/α-hetero) is 1. The van der Waals surface area contributed by atoms with Crippen LogP contribution in [0.15, 0.2) is 17.0 Å². The third kappa shape index (κ3) is 8.71. The van der Waals surface area contributed by atoms with Crippen molar-refractivity contribution >= 4 is 21.7 Å². The van der Waals surface area contributed by atoms with E-state index in [2.05, 4.69) is 19.2 Å². The third-order valence-corrected chi connectivity index (χ3v) is 7.27. The van der Waals surface area contributed by atoms with Gasteiger partial charge in [0.25, 0.3) is 0 Å². The number of nitrogens with one attached hydrogen (secondary N) is 1. The van der Waals surface area contributed by atoms with Crippen LogP contribution in [-0.4, -0.2) is 37.7 Å². The molecule has 1 rings (SSSR count). The SMILES string of the molecule is CC(C)C[C@H](NC(=O)OC(C)(C)C)C(=O)CS(=O)(=O)c1c(C(C)C)cc(C(C)C)cc1C(C)C. The monoisotopic (exact) mass is 495 g/mol. The highest BCUT2D eigenvalue weighted by Crippen LogP contribution is 2.35. The van der Waals surface area contributed by atoms with Crippen LogP contribution in [0.4, 0.5) is 4.79 Å². The lowest BCUT2D eigenvalue weighted by Crippen LogP contribution is -2.46. The first-order chi connectivity index (χ1) is 15.4. The Labute approximate surface area is 207 Å². The number of hydrogen-bond donors (Lipinski definition) is 1. The van der Waals surface area contributed by atoms with Crippen LogP contribution >= 0.6 is 0 Å². The second-order valence-corrected chi connectivity index (χ2v) is 13.5. The summed E-state index contributed by atoms with van der Waals surface area (Å²) in [6.45, 7) is 21.1. The number of carbonyl (C=O) groups excluding carboxylic acids is 2. The quantitative estimate of drug-likeness (QED) is 0.409. The second kappa shape index (κ2) is 11.7. The fourth-order valence-electron chi connectivity index (χ4n) is 3.80. The van der Waals surface area contributed by atoms with Gasteiger partial charge in [0.15, 0.2) is 15.6 Å². The molecule has 0 aromatic heterocycles. The highest BCUT2D eigenvalue weighted by molar-refractivity contribution is 7.92. The van der Waals surface area contributed by atoms with Crippen molar-refractivity contribution in [2.45, 2.75) is 117 Å². The average Bonchev–Trinajstić information content (AvgIpc) is 2.63. The standard InChI is InChI=1S/C27H45NO5S/c1-16(2)12-23(28-26(30)33-27(9,10)11)24(29)15-34(31,32)25-21(18(5)6)13-20(17(3)4)14-22(25)19(7)8/h13-14,16-19,23H,12,15H2,1-11H3,(H,28,30)/t23-/m0/s1. The van der Waals surface area contributed by atoms with Gasteiger partial charge in [0.1, 0.15) is 11.4 Å². The van der Waals surface area contributed by atoms with Gasteiger partial charge < -0.3 is 10.1 Å². The average molecular weight is 496 g/mol.